The Labute approximate surface area is 97.3 Å². The average molecular weight is 244 g/mol. The SMILES string of the molecule is O=S1(=O)CCC(NC2CCN(C3CC3)C2)C1. The fraction of sp³-hybridized carbons (Fsp3) is 1.00. The third kappa shape index (κ3) is 2.41. The lowest BCUT2D eigenvalue weighted by atomic mass is 10.2. The van der Waals surface area contributed by atoms with Crippen molar-refractivity contribution in [2.24, 2.45) is 0 Å². The van der Waals surface area contributed by atoms with E-state index in [1.165, 1.54) is 25.8 Å². The molecule has 0 spiro atoms. The molecule has 0 amide bonds. The Balaban J connectivity index is 1.49. The van der Waals surface area contributed by atoms with Crippen LogP contribution in [0.15, 0.2) is 0 Å². The standard InChI is InChI=1S/C11H20N2O2S/c14-16(15)6-4-10(8-16)12-9-3-5-13(7-9)11-1-2-11/h9-12H,1-8H2. The second kappa shape index (κ2) is 3.96. The van der Waals surface area contributed by atoms with Gasteiger partial charge in [0.1, 0.15) is 0 Å². The van der Waals surface area contributed by atoms with Crippen molar-refractivity contribution in [2.75, 3.05) is 24.6 Å². The van der Waals surface area contributed by atoms with Gasteiger partial charge in [0, 0.05) is 31.2 Å². The topological polar surface area (TPSA) is 49.4 Å². The van der Waals surface area contributed by atoms with Crippen LogP contribution in [0.2, 0.25) is 0 Å². The summed E-state index contributed by atoms with van der Waals surface area (Å²) >= 11 is 0. The minimum Gasteiger partial charge on any atom is -0.309 e. The van der Waals surface area contributed by atoms with Crippen molar-refractivity contribution in [3.63, 3.8) is 0 Å². The summed E-state index contributed by atoms with van der Waals surface area (Å²) in [5, 5.41) is 3.53. The number of nitrogens with zero attached hydrogens (tertiary/aromatic N) is 1. The Morgan fingerprint density at radius 1 is 1.06 bits per heavy atom. The van der Waals surface area contributed by atoms with Crippen molar-refractivity contribution in [1.29, 1.82) is 0 Å². The third-order valence-corrected chi connectivity index (χ3v) is 5.75. The predicted octanol–water partition coefficient (Wildman–Crippen LogP) is -0.000200. The molecule has 16 heavy (non-hydrogen) atoms. The highest BCUT2D eigenvalue weighted by Crippen LogP contribution is 2.30. The van der Waals surface area contributed by atoms with Crippen LogP contribution in [-0.4, -0.2) is 56.0 Å². The van der Waals surface area contributed by atoms with E-state index < -0.39 is 9.84 Å². The van der Waals surface area contributed by atoms with Crippen LogP contribution in [0.25, 0.3) is 0 Å². The van der Waals surface area contributed by atoms with Gasteiger partial charge in [0.25, 0.3) is 0 Å². The summed E-state index contributed by atoms with van der Waals surface area (Å²) in [6.07, 6.45) is 4.73. The monoisotopic (exact) mass is 244 g/mol. The van der Waals surface area contributed by atoms with Gasteiger partial charge in [-0.25, -0.2) is 8.42 Å². The van der Waals surface area contributed by atoms with E-state index in [0.29, 0.717) is 17.5 Å². The largest absolute Gasteiger partial charge is 0.309 e. The normalized spacial score (nSPS) is 39.2. The van der Waals surface area contributed by atoms with Crippen LogP contribution >= 0.6 is 0 Å². The second-order valence-corrected chi connectivity index (χ2v) is 7.71. The Kier molecular flexibility index (Phi) is 2.72. The van der Waals surface area contributed by atoms with Crippen molar-refractivity contribution in [3.8, 4) is 0 Å². The lowest BCUT2D eigenvalue weighted by molar-refractivity contribution is 0.313. The molecule has 2 heterocycles. The van der Waals surface area contributed by atoms with Gasteiger partial charge < -0.3 is 5.32 Å². The second-order valence-electron chi connectivity index (χ2n) is 5.48. The molecule has 3 fully saturated rings. The minimum absolute atomic E-state index is 0.217. The zero-order valence-corrected chi connectivity index (χ0v) is 10.4. The molecule has 4 nitrogen and oxygen atoms in total. The molecule has 0 aromatic rings. The van der Waals surface area contributed by atoms with Crippen molar-refractivity contribution in [2.45, 2.75) is 43.8 Å². The fourth-order valence-corrected chi connectivity index (χ4v) is 4.64. The van der Waals surface area contributed by atoms with E-state index in [1.807, 2.05) is 0 Å². The van der Waals surface area contributed by atoms with Crippen molar-refractivity contribution in [1.82, 2.24) is 10.2 Å². The molecule has 92 valence electrons. The van der Waals surface area contributed by atoms with Gasteiger partial charge in [0.15, 0.2) is 9.84 Å². The van der Waals surface area contributed by atoms with Crippen LogP contribution in [0, 0.1) is 0 Å². The van der Waals surface area contributed by atoms with E-state index in [-0.39, 0.29) is 6.04 Å². The lowest BCUT2D eigenvalue weighted by Crippen LogP contribution is -2.41. The first kappa shape index (κ1) is 11.0. The number of likely N-dealkylation sites (tertiary alicyclic amines) is 1. The van der Waals surface area contributed by atoms with E-state index in [0.717, 1.165) is 19.0 Å². The van der Waals surface area contributed by atoms with Gasteiger partial charge >= 0.3 is 0 Å². The molecule has 0 bridgehead atoms. The first-order valence-corrected chi connectivity index (χ1v) is 8.15. The van der Waals surface area contributed by atoms with Crippen LogP contribution in [0.3, 0.4) is 0 Å². The van der Waals surface area contributed by atoms with Gasteiger partial charge in [0.05, 0.1) is 11.5 Å². The summed E-state index contributed by atoms with van der Waals surface area (Å²) in [6, 6.07) is 1.59. The number of hydrogen-bond acceptors (Lipinski definition) is 4. The molecule has 3 rings (SSSR count). The van der Waals surface area contributed by atoms with Gasteiger partial charge in [-0.1, -0.05) is 0 Å². The van der Waals surface area contributed by atoms with Crippen LogP contribution in [0.5, 0.6) is 0 Å². The van der Waals surface area contributed by atoms with Gasteiger partial charge in [-0.2, -0.15) is 0 Å². The summed E-state index contributed by atoms with van der Waals surface area (Å²) in [4.78, 5) is 2.56. The smallest absolute Gasteiger partial charge is 0.151 e. The Hall–Kier alpha value is -0.130. The van der Waals surface area contributed by atoms with Crippen LogP contribution in [0.1, 0.15) is 25.7 Å². The highest BCUT2D eigenvalue weighted by molar-refractivity contribution is 7.91. The molecule has 5 heteroatoms. The summed E-state index contributed by atoms with van der Waals surface area (Å²) < 4.78 is 22.7. The van der Waals surface area contributed by atoms with Crippen molar-refractivity contribution in [3.05, 3.63) is 0 Å². The molecule has 3 aliphatic rings. The highest BCUT2D eigenvalue weighted by Gasteiger charge is 2.36. The van der Waals surface area contributed by atoms with Crippen LogP contribution < -0.4 is 5.32 Å². The third-order valence-electron chi connectivity index (χ3n) is 3.99. The number of nitrogens with one attached hydrogen (secondary N) is 1. The number of sulfone groups is 1. The molecule has 2 aliphatic heterocycles. The minimum atomic E-state index is -2.73. The van der Waals surface area contributed by atoms with E-state index in [2.05, 4.69) is 10.2 Å². The van der Waals surface area contributed by atoms with Crippen LogP contribution in [-0.2, 0) is 9.84 Å². The molecule has 0 aromatic carbocycles. The first-order valence-electron chi connectivity index (χ1n) is 6.33. The molecule has 1 aliphatic carbocycles. The highest BCUT2D eigenvalue weighted by atomic mass is 32.2. The van der Waals surface area contributed by atoms with E-state index in [1.54, 1.807) is 0 Å². The maximum Gasteiger partial charge on any atom is 0.151 e. The van der Waals surface area contributed by atoms with Crippen LogP contribution in [0.4, 0.5) is 0 Å². The number of hydrogen-bond donors (Lipinski definition) is 1. The van der Waals surface area contributed by atoms with Gasteiger partial charge in [-0.15, -0.1) is 0 Å². The zero-order valence-electron chi connectivity index (χ0n) is 9.56. The average Bonchev–Trinajstić information content (AvgIpc) is 2.88. The van der Waals surface area contributed by atoms with E-state index >= 15 is 0 Å². The molecule has 1 saturated carbocycles. The Morgan fingerprint density at radius 3 is 2.50 bits per heavy atom. The van der Waals surface area contributed by atoms with E-state index in [9.17, 15) is 8.42 Å². The summed E-state index contributed by atoms with van der Waals surface area (Å²) in [7, 11) is -2.73. The van der Waals surface area contributed by atoms with Gasteiger partial charge in [-0.3, -0.25) is 4.90 Å². The summed E-state index contributed by atoms with van der Waals surface area (Å²) in [5.74, 6) is 0.733. The fourth-order valence-electron chi connectivity index (χ4n) is 2.95. The molecular weight excluding hydrogens is 224 g/mol. The molecule has 2 unspecified atom stereocenters. The van der Waals surface area contributed by atoms with Gasteiger partial charge in [-0.05, 0) is 25.7 Å². The molecule has 2 saturated heterocycles. The maximum atomic E-state index is 11.3. The van der Waals surface area contributed by atoms with E-state index in [4.69, 9.17) is 0 Å². The molecule has 0 radical (unpaired) electrons. The van der Waals surface area contributed by atoms with Crippen molar-refractivity contribution >= 4 is 9.84 Å². The quantitative estimate of drug-likeness (QED) is 0.759. The van der Waals surface area contributed by atoms with Crippen molar-refractivity contribution < 1.29 is 8.42 Å². The molecule has 0 aromatic heterocycles. The summed E-state index contributed by atoms with van der Waals surface area (Å²) in [5.41, 5.74) is 0. The number of rotatable bonds is 3. The predicted molar refractivity (Wildman–Crippen MR) is 63.2 cm³/mol. The zero-order chi connectivity index (χ0) is 11.2. The molecular formula is C11H20N2O2S. The molecule has 2 atom stereocenters. The maximum absolute atomic E-state index is 11.3. The first-order chi connectivity index (χ1) is 7.62. The lowest BCUT2D eigenvalue weighted by Gasteiger charge is -2.18. The Morgan fingerprint density at radius 2 is 1.88 bits per heavy atom. The summed E-state index contributed by atoms with van der Waals surface area (Å²) in [6.45, 7) is 2.32. The molecule has 1 N–H and O–H groups in total. The Bertz CT molecular complexity index is 364. The van der Waals surface area contributed by atoms with Gasteiger partial charge in [0.2, 0.25) is 0 Å².